The van der Waals surface area contributed by atoms with Crippen molar-refractivity contribution in [1.29, 1.82) is 0 Å². The zero-order valence-electron chi connectivity index (χ0n) is 12.5. The van der Waals surface area contributed by atoms with Gasteiger partial charge >= 0.3 is 0 Å². The fourth-order valence-corrected chi connectivity index (χ4v) is 2.12. The van der Waals surface area contributed by atoms with Crippen molar-refractivity contribution in [2.45, 2.75) is 26.8 Å². The molecule has 1 amide bonds. The molecule has 106 valence electrons. The van der Waals surface area contributed by atoms with Crippen LogP contribution in [0.3, 0.4) is 0 Å². The Balaban J connectivity index is 2.32. The van der Waals surface area contributed by atoms with E-state index in [1.165, 1.54) is 11.1 Å². The molecule has 0 aliphatic heterocycles. The first-order valence-electron chi connectivity index (χ1n) is 6.88. The quantitative estimate of drug-likeness (QED) is 0.857. The summed E-state index contributed by atoms with van der Waals surface area (Å²) < 4.78 is 1.93. The molecule has 0 spiro atoms. The van der Waals surface area contributed by atoms with E-state index < -0.39 is 0 Å². The number of carbonyl (C=O) groups excluding carboxylic acids is 1. The summed E-state index contributed by atoms with van der Waals surface area (Å²) in [4.78, 5) is 18.1. The Morgan fingerprint density at radius 1 is 1.35 bits per heavy atom. The minimum Gasteiger partial charge on any atom is -0.341 e. The molecule has 1 unspecified atom stereocenters. The van der Waals surface area contributed by atoms with E-state index >= 15 is 0 Å². The Bertz CT molecular complexity index is 586. The Morgan fingerprint density at radius 3 is 2.60 bits per heavy atom. The number of imidazole rings is 1. The third-order valence-electron chi connectivity index (χ3n) is 3.68. The molecule has 2 rings (SSSR count). The number of aryl methyl sites for hydroxylation is 1. The second kappa shape index (κ2) is 5.90. The van der Waals surface area contributed by atoms with Gasteiger partial charge in [0, 0.05) is 13.6 Å². The lowest BCUT2D eigenvalue weighted by atomic mass is 10.1. The SMILES string of the molecule is CCN(C)C(=O)c1cncn1C(C)c1ccc(C)cc1. The molecule has 20 heavy (non-hydrogen) atoms. The van der Waals surface area contributed by atoms with Gasteiger partial charge in [0.05, 0.1) is 18.6 Å². The van der Waals surface area contributed by atoms with E-state index in [1.54, 1.807) is 24.5 Å². The first kappa shape index (κ1) is 14.3. The molecule has 1 aromatic heterocycles. The molecule has 0 saturated carbocycles. The van der Waals surface area contributed by atoms with Crippen molar-refractivity contribution < 1.29 is 4.79 Å². The molecule has 0 aliphatic carbocycles. The standard InChI is InChI=1S/C16H21N3O/c1-5-18(4)16(20)15-10-17-11-19(15)13(3)14-8-6-12(2)7-9-14/h6-11,13H,5H2,1-4H3. The molecule has 2 aromatic rings. The van der Waals surface area contributed by atoms with E-state index in [0.717, 1.165) is 0 Å². The van der Waals surface area contributed by atoms with Crippen molar-refractivity contribution in [2.75, 3.05) is 13.6 Å². The van der Waals surface area contributed by atoms with E-state index in [4.69, 9.17) is 0 Å². The minimum atomic E-state index is 0.00367. The van der Waals surface area contributed by atoms with Gasteiger partial charge in [0.2, 0.25) is 0 Å². The molecule has 1 heterocycles. The van der Waals surface area contributed by atoms with Crippen LogP contribution in [-0.4, -0.2) is 34.0 Å². The summed E-state index contributed by atoms with van der Waals surface area (Å²) in [5.74, 6) is 0.00367. The van der Waals surface area contributed by atoms with Crippen LogP contribution in [0.25, 0.3) is 0 Å². The lowest BCUT2D eigenvalue weighted by Gasteiger charge is -2.20. The molecule has 4 nitrogen and oxygen atoms in total. The molecule has 0 radical (unpaired) electrons. The summed E-state index contributed by atoms with van der Waals surface area (Å²) in [6.07, 6.45) is 3.36. The van der Waals surface area contributed by atoms with Gasteiger partial charge in [0.1, 0.15) is 5.69 Å². The van der Waals surface area contributed by atoms with Crippen LogP contribution in [0.4, 0.5) is 0 Å². The second-order valence-corrected chi connectivity index (χ2v) is 5.09. The van der Waals surface area contributed by atoms with E-state index in [2.05, 4.69) is 43.1 Å². The number of amides is 1. The van der Waals surface area contributed by atoms with Gasteiger partial charge in [0.15, 0.2) is 0 Å². The van der Waals surface area contributed by atoms with Crippen molar-refractivity contribution >= 4 is 5.91 Å². The van der Waals surface area contributed by atoms with Gasteiger partial charge in [0.25, 0.3) is 5.91 Å². The predicted octanol–water partition coefficient (Wildman–Crippen LogP) is 2.89. The lowest BCUT2D eigenvalue weighted by molar-refractivity contribution is 0.0790. The summed E-state index contributed by atoms with van der Waals surface area (Å²) >= 11 is 0. The second-order valence-electron chi connectivity index (χ2n) is 5.09. The van der Waals surface area contributed by atoms with E-state index in [-0.39, 0.29) is 11.9 Å². The van der Waals surface area contributed by atoms with Gasteiger partial charge in [-0.3, -0.25) is 4.79 Å². The monoisotopic (exact) mass is 271 g/mol. The van der Waals surface area contributed by atoms with Crippen LogP contribution in [0.15, 0.2) is 36.8 Å². The van der Waals surface area contributed by atoms with Crippen LogP contribution in [0, 0.1) is 6.92 Å². The van der Waals surface area contributed by atoms with Crippen molar-refractivity contribution in [2.24, 2.45) is 0 Å². The highest BCUT2D eigenvalue weighted by atomic mass is 16.2. The van der Waals surface area contributed by atoms with Gasteiger partial charge in [-0.1, -0.05) is 29.8 Å². The van der Waals surface area contributed by atoms with E-state index in [0.29, 0.717) is 12.2 Å². The molecule has 0 fully saturated rings. The maximum Gasteiger partial charge on any atom is 0.271 e. The summed E-state index contributed by atoms with van der Waals surface area (Å²) in [7, 11) is 1.80. The fraction of sp³-hybridized carbons (Fsp3) is 0.375. The molecule has 0 bridgehead atoms. The maximum absolute atomic E-state index is 12.3. The van der Waals surface area contributed by atoms with Gasteiger partial charge < -0.3 is 9.47 Å². The van der Waals surface area contributed by atoms with Crippen molar-refractivity contribution in [3.8, 4) is 0 Å². The topological polar surface area (TPSA) is 38.1 Å². The molecule has 0 saturated heterocycles. The Kier molecular flexibility index (Phi) is 4.23. The van der Waals surface area contributed by atoms with Gasteiger partial charge in [-0.2, -0.15) is 0 Å². The summed E-state index contributed by atoms with van der Waals surface area (Å²) in [6.45, 7) is 6.79. The van der Waals surface area contributed by atoms with Gasteiger partial charge in [-0.25, -0.2) is 4.98 Å². The van der Waals surface area contributed by atoms with Gasteiger partial charge in [-0.05, 0) is 26.3 Å². The fourth-order valence-electron chi connectivity index (χ4n) is 2.12. The average Bonchev–Trinajstić information content (AvgIpc) is 2.95. The first-order valence-corrected chi connectivity index (χ1v) is 6.88. The number of hydrogen-bond acceptors (Lipinski definition) is 2. The molecule has 1 aromatic carbocycles. The highest BCUT2D eigenvalue weighted by Crippen LogP contribution is 2.20. The smallest absolute Gasteiger partial charge is 0.271 e. The maximum atomic E-state index is 12.3. The molecular formula is C16H21N3O. The van der Waals surface area contributed by atoms with Crippen molar-refractivity contribution in [3.63, 3.8) is 0 Å². The Hall–Kier alpha value is -2.10. The Morgan fingerprint density at radius 2 is 2.00 bits per heavy atom. The first-order chi connectivity index (χ1) is 9.54. The molecule has 0 N–H and O–H groups in total. The predicted molar refractivity (Wildman–Crippen MR) is 79.9 cm³/mol. The Labute approximate surface area is 120 Å². The van der Waals surface area contributed by atoms with E-state index in [9.17, 15) is 4.79 Å². The number of rotatable bonds is 4. The number of carbonyl (C=O) groups is 1. The number of nitrogens with zero attached hydrogens (tertiary/aromatic N) is 3. The summed E-state index contributed by atoms with van der Waals surface area (Å²) in [5, 5.41) is 0. The van der Waals surface area contributed by atoms with Crippen LogP contribution in [0.2, 0.25) is 0 Å². The zero-order valence-corrected chi connectivity index (χ0v) is 12.5. The number of hydrogen-bond donors (Lipinski definition) is 0. The number of aromatic nitrogens is 2. The average molecular weight is 271 g/mol. The normalized spacial score (nSPS) is 12.2. The number of benzene rings is 1. The van der Waals surface area contributed by atoms with Crippen LogP contribution in [0.5, 0.6) is 0 Å². The molecule has 4 heteroatoms. The van der Waals surface area contributed by atoms with Crippen LogP contribution >= 0.6 is 0 Å². The van der Waals surface area contributed by atoms with Crippen LogP contribution in [-0.2, 0) is 0 Å². The third-order valence-corrected chi connectivity index (χ3v) is 3.68. The highest BCUT2D eigenvalue weighted by molar-refractivity contribution is 5.92. The largest absolute Gasteiger partial charge is 0.341 e. The summed E-state index contributed by atoms with van der Waals surface area (Å²) in [5.41, 5.74) is 3.03. The molecule has 1 atom stereocenters. The summed E-state index contributed by atoms with van der Waals surface area (Å²) in [6, 6.07) is 8.45. The lowest BCUT2D eigenvalue weighted by Crippen LogP contribution is -2.29. The molecular weight excluding hydrogens is 250 g/mol. The highest BCUT2D eigenvalue weighted by Gasteiger charge is 2.19. The van der Waals surface area contributed by atoms with Crippen LogP contribution in [0.1, 0.15) is 41.5 Å². The zero-order chi connectivity index (χ0) is 14.7. The third kappa shape index (κ3) is 2.74. The van der Waals surface area contributed by atoms with Gasteiger partial charge in [-0.15, -0.1) is 0 Å². The van der Waals surface area contributed by atoms with Crippen molar-refractivity contribution in [1.82, 2.24) is 14.5 Å². The van der Waals surface area contributed by atoms with Crippen LogP contribution < -0.4 is 0 Å². The minimum absolute atomic E-state index is 0.00367. The van der Waals surface area contributed by atoms with Crippen molar-refractivity contribution in [3.05, 3.63) is 53.6 Å². The molecule has 0 aliphatic rings. The van der Waals surface area contributed by atoms with E-state index in [1.807, 2.05) is 11.5 Å².